The van der Waals surface area contributed by atoms with Crippen LogP contribution in [-0.4, -0.2) is 62.2 Å². The average molecular weight is 552 g/mol. The molecule has 4 rings (SSSR count). The van der Waals surface area contributed by atoms with E-state index in [-0.39, 0.29) is 29.9 Å². The van der Waals surface area contributed by atoms with Gasteiger partial charge in [-0.05, 0) is 0 Å². The minimum absolute atomic E-state index is 0.0733. The van der Waals surface area contributed by atoms with Crippen LogP contribution in [0.15, 0.2) is 100.0 Å². The number of nitrogens with zero attached hydrogens (tertiary/aromatic N) is 6. The number of rotatable bonds is 4. The standard InChI is InChI=1S/C24H22N6Se2/c1-15(2)27-29-23-25-19(17-11-7-5-8-12-17)21(31-23)22-20(18-13-9-6-10-14-18)26-24(32-22)30-28-16(3)4/h5-14H,1-4H3/b22-21-,29-23+,30-24+. The second-order valence-electron chi connectivity index (χ2n) is 7.37. The zero-order valence-corrected chi connectivity index (χ0v) is 21.7. The first kappa shape index (κ1) is 22.4. The third-order valence-electron chi connectivity index (χ3n) is 4.20. The van der Waals surface area contributed by atoms with Gasteiger partial charge in [-0.3, -0.25) is 0 Å². The molecule has 0 unspecified atom stereocenters. The molecular weight excluding hydrogens is 530 g/mol. The summed E-state index contributed by atoms with van der Waals surface area (Å²) in [5.74, 6) is 0. The van der Waals surface area contributed by atoms with E-state index in [1.54, 1.807) is 0 Å². The van der Waals surface area contributed by atoms with E-state index in [2.05, 4.69) is 44.7 Å². The predicted octanol–water partition coefficient (Wildman–Crippen LogP) is 4.12. The van der Waals surface area contributed by atoms with Gasteiger partial charge in [-0.2, -0.15) is 0 Å². The van der Waals surface area contributed by atoms with Crippen LogP contribution in [0.4, 0.5) is 0 Å². The van der Waals surface area contributed by atoms with Gasteiger partial charge >= 0.3 is 201 Å². The predicted molar refractivity (Wildman–Crippen MR) is 137 cm³/mol. The normalized spacial score (nSPS) is 20.4. The quantitative estimate of drug-likeness (QED) is 0.311. The average Bonchev–Trinajstić information content (AvgIpc) is 3.42. The summed E-state index contributed by atoms with van der Waals surface area (Å²) in [7, 11) is 0. The molecule has 2 aliphatic heterocycles. The molecule has 0 bridgehead atoms. The molecule has 0 fully saturated rings. The summed E-state index contributed by atoms with van der Waals surface area (Å²) < 4.78 is 3.96. The molecule has 2 aliphatic rings. The van der Waals surface area contributed by atoms with Crippen LogP contribution in [-0.2, 0) is 0 Å². The van der Waals surface area contributed by atoms with Gasteiger partial charge in [0.05, 0.1) is 0 Å². The maximum atomic E-state index is 4.90. The van der Waals surface area contributed by atoms with Gasteiger partial charge in [0, 0.05) is 0 Å². The summed E-state index contributed by atoms with van der Waals surface area (Å²) in [5.41, 5.74) is 5.90. The van der Waals surface area contributed by atoms with Crippen molar-refractivity contribution in [2.24, 2.45) is 30.4 Å². The Balaban J connectivity index is 1.87. The number of amidine groups is 2. The summed E-state index contributed by atoms with van der Waals surface area (Å²) in [6.45, 7) is 7.75. The van der Waals surface area contributed by atoms with Crippen molar-refractivity contribution in [1.29, 1.82) is 0 Å². The molecule has 2 aromatic carbocycles. The van der Waals surface area contributed by atoms with Crippen LogP contribution in [0.5, 0.6) is 0 Å². The molecule has 2 heterocycles. The molecule has 6 nitrogen and oxygen atoms in total. The Labute approximate surface area is 200 Å². The number of hydrogen-bond acceptors (Lipinski definition) is 4. The van der Waals surface area contributed by atoms with Crippen molar-refractivity contribution in [3.8, 4) is 0 Å². The molecule has 0 N–H and O–H groups in total. The van der Waals surface area contributed by atoms with E-state index >= 15 is 0 Å². The Morgan fingerprint density at radius 2 is 0.969 bits per heavy atom. The molecule has 0 aliphatic carbocycles. The molecule has 0 saturated carbocycles. The zero-order chi connectivity index (χ0) is 22.5. The van der Waals surface area contributed by atoms with Crippen molar-refractivity contribution in [3.05, 3.63) is 80.7 Å². The second-order valence-corrected chi connectivity index (χ2v) is 11.5. The fourth-order valence-corrected chi connectivity index (χ4v) is 7.36. The third-order valence-corrected chi connectivity index (χ3v) is 8.87. The fraction of sp³-hybridized carbons (Fsp3) is 0.167. The monoisotopic (exact) mass is 554 g/mol. The number of allylic oxidation sites excluding steroid dienone is 2. The van der Waals surface area contributed by atoms with Crippen LogP contribution in [0.25, 0.3) is 0 Å². The number of hydrogen-bond donors (Lipinski definition) is 0. The van der Waals surface area contributed by atoms with Gasteiger partial charge in [0.2, 0.25) is 0 Å². The van der Waals surface area contributed by atoms with Crippen LogP contribution in [0.3, 0.4) is 0 Å². The molecule has 0 spiro atoms. The Morgan fingerprint density at radius 1 is 0.594 bits per heavy atom. The van der Waals surface area contributed by atoms with Crippen molar-refractivity contribution in [1.82, 2.24) is 0 Å². The Bertz CT molecular complexity index is 1130. The maximum absolute atomic E-state index is 4.90. The van der Waals surface area contributed by atoms with Gasteiger partial charge in [-0.1, -0.05) is 0 Å². The Morgan fingerprint density at radius 3 is 1.31 bits per heavy atom. The van der Waals surface area contributed by atoms with E-state index in [0.717, 1.165) is 43.4 Å². The Kier molecular flexibility index (Phi) is 7.18. The topological polar surface area (TPSA) is 74.2 Å². The van der Waals surface area contributed by atoms with Crippen molar-refractivity contribution >= 4 is 62.2 Å². The van der Waals surface area contributed by atoms with E-state index in [0.29, 0.717) is 0 Å². The van der Waals surface area contributed by atoms with Crippen LogP contribution in [0.2, 0.25) is 0 Å². The van der Waals surface area contributed by atoms with Crippen molar-refractivity contribution in [3.63, 3.8) is 0 Å². The zero-order valence-electron chi connectivity index (χ0n) is 18.3. The van der Waals surface area contributed by atoms with Gasteiger partial charge in [-0.15, -0.1) is 0 Å². The molecule has 0 aromatic heterocycles. The van der Waals surface area contributed by atoms with Gasteiger partial charge in [0.1, 0.15) is 0 Å². The van der Waals surface area contributed by atoms with E-state index < -0.39 is 0 Å². The summed E-state index contributed by atoms with van der Waals surface area (Å²) >= 11 is -0.147. The van der Waals surface area contributed by atoms with Gasteiger partial charge < -0.3 is 0 Å². The van der Waals surface area contributed by atoms with Crippen LogP contribution < -0.4 is 0 Å². The first-order valence-electron chi connectivity index (χ1n) is 10.1. The molecule has 160 valence electrons. The van der Waals surface area contributed by atoms with Crippen molar-refractivity contribution < 1.29 is 0 Å². The minimum atomic E-state index is -0.0733. The summed E-state index contributed by atoms with van der Waals surface area (Å²) in [6, 6.07) is 20.5. The van der Waals surface area contributed by atoms with Gasteiger partial charge in [0.15, 0.2) is 0 Å². The first-order chi connectivity index (χ1) is 15.5. The molecular formula is C24H22N6Se2. The Hall–Kier alpha value is -2.76. The van der Waals surface area contributed by atoms with Gasteiger partial charge in [0.25, 0.3) is 0 Å². The van der Waals surface area contributed by atoms with Crippen molar-refractivity contribution in [2.45, 2.75) is 27.7 Å². The molecule has 32 heavy (non-hydrogen) atoms. The number of aliphatic imine (C=N–C) groups is 2. The summed E-state index contributed by atoms with van der Waals surface area (Å²) in [4.78, 5) is 9.80. The van der Waals surface area contributed by atoms with Crippen LogP contribution >= 0.6 is 0 Å². The molecule has 0 atom stereocenters. The molecule has 0 amide bonds. The van der Waals surface area contributed by atoms with Crippen LogP contribution in [0.1, 0.15) is 38.8 Å². The summed E-state index contributed by atoms with van der Waals surface area (Å²) in [5, 5.41) is 17.4. The van der Waals surface area contributed by atoms with E-state index in [4.69, 9.17) is 9.98 Å². The second kappa shape index (κ2) is 10.2. The molecule has 0 saturated heterocycles. The molecule has 0 radical (unpaired) electrons. The van der Waals surface area contributed by atoms with E-state index in [1.807, 2.05) is 64.1 Å². The van der Waals surface area contributed by atoms with E-state index in [9.17, 15) is 0 Å². The molecule has 8 heteroatoms. The third kappa shape index (κ3) is 5.34. The first-order valence-corrected chi connectivity index (χ1v) is 13.5. The van der Waals surface area contributed by atoms with Crippen molar-refractivity contribution in [2.75, 3.05) is 0 Å². The SMILES string of the molecule is CC(C)=N/N=C1N=C(c2ccccc2)/C(=C2/[Se]/C(=N/N=C(C)C)N=C2c2ccccc2)[Se]\1. The van der Waals surface area contributed by atoms with Crippen LogP contribution in [0, 0.1) is 0 Å². The van der Waals surface area contributed by atoms with E-state index in [1.165, 1.54) is 8.94 Å². The van der Waals surface area contributed by atoms with Gasteiger partial charge in [-0.25, -0.2) is 0 Å². The molecule has 2 aromatic rings. The number of benzene rings is 2. The summed E-state index contributed by atoms with van der Waals surface area (Å²) in [6.07, 6.45) is 0. The fourth-order valence-electron chi connectivity index (χ4n) is 2.88.